The molecule has 3 heteroatoms. The summed E-state index contributed by atoms with van der Waals surface area (Å²) < 4.78 is 13.8. The monoisotopic (exact) mass is 269 g/mol. The van der Waals surface area contributed by atoms with Crippen LogP contribution in [-0.4, -0.2) is 10.1 Å². The van der Waals surface area contributed by atoms with Crippen molar-refractivity contribution in [3.05, 3.63) is 52.8 Å². The van der Waals surface area contributed by atoms with Crippen LogP contribution in [0, 0.1) is 26.6 Å². The second-order valence-corrected chi connectivity index (χ2v) is 5.25. The summed E-state index contributed by atoms with van der Waals surface area (Å²) in [6.07, 6.45) is 0. The van der Waals surface area contributed by atoms with Gasteiger partial charge in [0.15, 0.2) is 0 Å². The van der Waals surface area contributed by atoms with Crippen LogP contribution in [0.1, 0.15) is 16.7 Å². The molecule has 0 amide bonds. The number of fused-ring (bicyclic) bond motifs is 1. The molecule has 3 aromatic rings. The molecule has 3 rings (SSSR count). The topological polar surface area (TPSA) is 36.0 Å². The molecule has 0 atom stereocenters. The molecule has 0 fully saturated rings. The lowest BCUT2D eigenvalue weighted by molar-refractivity contribution is 0.467. The standard InChI is InChI=1S/C17H16FNO/c1-9-7-12(8-10(2)17(9)20)15-11(3)13-5-4-6-14(18)16(13)19-15/h4-8,19-20H,1-3H3. The highest BCUT2D eigenvalue weighted by Gasteiger charge is 2.13. The molecular formula is C17H16FNO. The molecule has 0 spiro atoms. The number of halogens is 1. The third kappa shape index (κ3) is 1.78. The Balaban J connectivity index is 2.30. The molecule has 102 valence electrons. The predicted molar refractivity (Wildman–Crippen MR) is 79.6 cm³/mol. The molecule has 0 aliphatic carbocycles. The lowest BCUT2D eigenvalue weighted by atomic mass is 10.0. The maximum Gasteiger partial charge on any atom is 0.147 e. The van der Waals surface area contributed by atoms with Crippen molar-refractivity contribution in [2.24, 2.45) is 0 Å². The Morgan fingerprint density at radius 2 is 1.70 bits per heavy atom. The number of H-pyrrole nitrogens is 1. The fraction of sp³-hybridized carbons (Fsp3) is 0.176. The van der Waals surface area contributed by atoms with Crippen LogP contribution >= 0.6 is 0 Å². The maximum absolute atomic E-state index is 13.8. The molecule has 20 heavy (non-hydrogen) atoms. The van der Waals surface area contributed by atoms with Crippen molar-refractivity contribution >= 4 is 10.9 Å². The lowest BCUT2D eigenvalue weighted by Gasteiger charge is -2.07. The maximum atomic E-state index is 13.8. The molecule has 0 radical (unpaired) electrons. The van der Waals surface area contributed by atoms with Gasteiger partial charge in [0.2, 0.25) is 0 Å². The van der Waals surface area contributed by atoms with Gasteiger partial charge in [-0.3, -0.25) is 0 Å². The van der Waals surface area contributed by atoms with Gasteiger partial charge in [-0.2, -0.15) is 0 Å². The van der Waals surface area contributed by atoms with Gasteiger partial charge in [0.1, 0.15) is 11.6 Å². The van der Waals surface area contributed by atoms with Crippen LogP contribution in [-0.2, 0) is 0 Å². The first-order chi connectivity index (χ1) is 9.49. The first-order valence-corrected chi connectivity index (χ1v) is 6.56. The van der Waals surface area contributed by atoms with Crippen LogP contribution in [0.25, 0.3) is 22.2 Å². The zero-order valence-corrected chi connectivity index (χ0v) is 11.7. The van der Waals surface area contributed by atoms with Gasteiger partial charge in [0, 0.05) is 11.1 Å². The van der Waals surface area contributed by atoms with Crippen LogP contribution in [0.15, 0.2) is 30.3 Å². The minimum Gasteiger partial charge on any atom is -0.507 e. The quantitative estimate of drug-likeness (QED) is 0.665. The van der Waals surface area contributed by atoms with Gasteiger partial charge in [0.25, 0.3) is 0 Å². The van der Waals surface area contributed by atoms with Gasteiger partial charge in [-0.25, -0.2) is 4.39 Å². The largest absolute Gasteiger partial charge is 0.507 e. The van der Waals surface area contributed by atoms with Crippen LogP contribution in [0.3, 0.4) is 0 Å². The van der Waals surface area contributed by atoms with E-state index in [-0.39, 0.29) is 5.82 Å². The molecule has 0 bridgehead atoms. The fourth-order valence-corrected chi connectivity index (χ4v) is 2.71. The molecule has 2 nitrogen and oxygen atoms in total. The molecule has 1 heterocycles. The smallest absolute Gasteiger partial charge is 0.147 e. The van der Waals surface area contributed by atoms with Gasteiger partial charge in [0.05, 0.1) is 5.52 Å². The predicted octanol–water partition coefficient (Wildman–Crippen LogP) is 4.60. The lowest BCUT2D eigenvalue weighted by Crippen LogP contribution is -1.86. The van der Waals surface area contributed by atoms with Crippen molar-refractivity contribution in [3.63, 3.8) is 0 Å². The molecule has 2 aromatic carbocycles. The van der Waals surface area contributed by atoms with E-state index in [1.165, 1.54) is 6.07 Å². The normalized spacial score (nSPS) is 11.2. The van der Waals surface area contributed by atoms with E-state index < -0.39 is 0 Å². The summed E-state index contributed by atoms with van der Waals surface area (Å²) in [7, 11) is 0. The number of aromatic amines is 1. The Hall–Kier alpha value is -2.29. The van der Waals surface area contributed by atoms with Gasteiger partial charge in [-0.15, -0.1) is 0 Å². The highest BCUT2D eigenvalue weighted by Crippen LogP contribution is 2.34. The summed E-state index contributed by atoms with van der Waals surface area (Å²) in [5, 5.41) is 10.8. The molecule has 0 saturated heterocycles. The third-order valence-electron chi connectivity index (χ3n) is 3.82. The van der Waals surface area contributed by atoms with E-state index in [1.807, 2.05) is 39.0 Å². The van der Waals surface area contributed by atoms with Gasteiger partial charge < -0.3 is 10.1 Å². The highest BCUT2D eigenvalue weighted by atomic mass is 19.1. The van der Waals surface area contributed by atoms with Crippen LogP contribution in [0.2, 0.25) is 0 Å². The minimum atomic E-state index is -0.246. The van der Waals surface area contributed by atoms with Crippen molar-refractivity contribution in [2.45, 2.75) is 20.8 Å². The second kappa shape index (κ2) is 4.37. The minimum absolute atomic E-state index is 0.246. The average Bonchev–Trinajstić information content (AvgIpc) is 2.75. The third-order valence-corrected chi connectivity index (χ3v) is 3.82. The van der Waals surface area contributed by atoms with Gasteiger partial charge in [-0.1, -0.05) is 12.1 Å². The van der Waals surface area contributed by atoms with Crippen molar-refractivity contribution < 1.29 is 9.50 Å². The number of phenolic OH excluding ortho intramolecular Hbond substituents is 1. The van der Waals surface area contributed by atoms with Gasteiger partial charge in [-0.05, 0) is 61.2 Å². The number of hydrogen-bond acceptors (Lipinski definition) is 1. The summed E-state index contributed by atoms with van der Waals surface area (Å²) >= 11 is 0. The van der Waals surface area contributed by atoms with E-state index in [4.69, 9.17) is 0 Å². The number of rotatable bonds is 1. The van der Waals surface area contributed by atoms with E-state index in [9.17, 15) is 9.50 Å². The van der Waals surface area contributed by atoms with E-state index in [2.05, 4.69) is 4.98 Å². The number of aryl methyl sites for hydroxylation is 3. The number of nitrogens with one attached hydrogen (secondary N) is 1. The Kier molecular flexibility index (Phi) is 2.78. The number of phenols is 1. The molecule has 0 unspecified atom stereocenters. The Morgan fingerprint density at radius 1 is 1.05 bits per heavy atom. The summed E-state index contributed by atoms with van der Waals surface area (Å²) in [6.45, 7) is 5.71. The fourth-order valence-electron chi connectivity index (χ4n) is 2.71. The molecule has 0 aliphatic rings. The molecule has 1 aromatic heterocycles. The molecule has 2 N–H and O–H groups in total. The first-order valence-electron chi connectivity index (χ1n) is 6.56. The number of para-hydroxylation sites is 1. The zero-order chi connectivity index (χ0) is 14.4. The van der Waals surface area contributed by atoms with E-state index in [0.717, 1.165) is 33.3 Å². The number of aromatic nitrogens is 1. The Bertz CT molecular complexity index is 794. The Morgan fingerprint density at radius 3 is 2.30 bits per heavy atom. The molecule has 0 saturated carbocycles. The van der Waals surface area contributed by atoms with Crippen molar-refractivity contribution in [1.29, 1.82) is 0 Å². The van der Waals surface area contributed by atoms with Gasteiger partial charge >= 0.3 is 0 Å². The number of hydrogen-bond donors (Lipinski definition) is 2. The second-order valence-electron chi connectivity index (χ2n) is 5.25. The summed E-state index contributed by atoms with van der Waals surface area (Å²) in [5.74, 6) is 0.0674. The van der Waals surface area contributed by atoms with E-state index in [1.54, 1.807) is 6.07 Å². The molecular weight excluding hydrogens is 253 g/mol. The first kappa shape index (κ1) is 12.7. The summed E-state index contributed by atoms with van der Waals surface area (Å²) in [6, 6.07) is 8.91. The zero-order valence-electron chi connectivity index (χ0n) is 11.7. The Labute approximate surface area is 116 Å². The van der Waals surface area contributed by atoms with Crippen molar-refractivity contribution in [2.75, 3.05) is 0 Å². The van der Waals surface area contributed by atoms with Crippen molar-refractivity contribution in [3.8, 4) is 17.0 Å². The van der Waals surface area contributed by atoms with E-state index in [0.29, 0.717) is 11.3 Å². The number of aromatic hydroxyl groups is 1. The van der Waals surface area contributed by atoms with Crippen molar-refractivity contribution in [1.82, 2.24) is 4.98 Å². The average molecular weight is 269 g/mol. The summed E-state index contributed by atoms with van der Waals surface area (Å²) in [5.41, 5.74) is 5.05. The van der Waals surface area contributed by atoms with Crippen LogP contribution < -0.4 is 0 Å². The summed E-state index contributed by atoms with van der Waals surface area (Å²) in [4.78, 5) is 3.17. The van der Waals surface area contributed by atoms with Crippen LogP contribution in [0.5, 0.6) is 5.75 Å². The SMILES string of the molecule is Cc1cc(-c2[nH]c3c(F)cccc3c2C)cc(C)c1O. The number of benzene rings is 2. The van der Waals surface area contributed by atoms with Crippen LogP contribution in [0.4, 0.5) is 4.39 Å². The highest BCUT2D eigenvalue weighted by molar-refractivity contribution is 5.91. The van der Waals surface area contributed by atoms with E-state index >= 15 is 0 Å². The molecule has 0 aliphatic heterocycles.